The van der Waals surface area contributed by atoms with E-state index < -0.39 is 17.0 Å². The molecule has 312 valence electrons. The zero-order valence-corrected chi connectivity index (χ0v) is 35.1. The number of nitrogens with zero attached hydrogens (tertiary/aromatic N) is 5. The van der Waals surface area contributed by atoms with E-state index in [1.807, 2.05) is 70.7 Å². The van der Waals surface area contributed by atoms with E-state index >= 15 is 4.39 Å². The molecule has 1 aromatic heterocycles. The third kappa shape index (κ3) is 9.69. The number of anilines is 1. The van der Waals surface area contributed by atoms with Gasteiger partial charge in [-0.25, -0.2) is 14.0 Å². The molecule has 3 aromatic carbocycles. The first kappa shape index (κ1) is 41.7. The fourth-order valence-corrected chi connectivity index (χ4v) is 8.65. The first-order valence-electron chi connectivity index (χ1n) is 20.4. The predicted octanol–water partition coefficient (Wildman–Crippen LogP) is 8.38. The van der Waals surface area contributed by atoms with Crippen LogP contribution in [0.1, 0.15) is 73.6 Å². The highest BCUT2D eigenvalue weighted by Crippen LogP contribution is 2.43. The molecule has 2 atom stereocenters. The fourth-order valence-electron chi connectivity index (χ4n) is 8.36. The van der Waals surface area contributed by atoms with Gasteiger partial charge in [-0.15, -0.1) is 0 Å². The molecule has 4 aromatic rings. The molecule has 0 radical (unpaired) electrons. The van der Waals surface area contributed by atoms with E-state index in [9.17, 15) is 14.7 Å². The second-order valence-corrected chi connectivity index (χ2v) is 18.1. The number of carbonyl (C=O) groups is 2. The van der Waals surface area contributed by atoms with Gasteiger partial charge in [0.1, 0.15) is 41.0 Å². The molecule has 1 saturated carbocycles. The number of amides is 1. The van der Waals surface area contributed by atoms with Gasteiger partial charge in [-0.1, -0.05) is 35.9 Å². The lowest BCUT2D eigenvalue weighted by Crippen LogP contribution is -2.50. The number of phenolic OH excluding ortho intramolecular Hbond substituents is 1. The number of hydrogen-bond donors (Lipinski definition) is 1. The van der Waals surface area contributed by atoms with Crippen molar-refractivity contribution in [1.29, 1.82) is 0 Å². The van der Waals surface area contributed by atoms with E-state index in [0.717, 1.165) is 56.0 Å². The van der Waals surface area contributed by atoms with Gasteiger partial charge in [0.15, 0.2) is 5.82 Å². The molecule has 58 heavy (non-hydrogen) atoms. The molecular formula is C44H55ClFN5O7. The Morgan fingerprint density at radius 3 is 2.29 bits per heavy atom. The lowest BCUT2D eigenvalue weighted by molar-refractivity contribution is -0.160. The van der Waals surface area contributed by atoms with Gasteiger partial charge in [0.25, 0.3) is 0 Å². The summed E-state index contributed by atoms with van der Waals surface area (Å²) in [4.78, 5) is 40.9. The molecule has 7 rings (SSSR count). The van der Waals surface area contributed by atoms with Gasteiger partial charge in [-0.2, -0.15) is 9.97 Å². The number of piperazine rings is 1. The van der Waals surface area contributed by atoms with Gasteiger partial charge in [-0.3, -0.25) is 4.90 Å². The van der Waals surface area contributed by atoms with Crippen LogP contribution < -0.4 is 9.64 Å². The molecule has 2 saturated heterocycles. The average Bonchev–Trinajstić information content (AvgIpc) is 3.61. The normalized spacial score (nSPS) is 19.9. The van der Waals surface area contributed by atoms with E-state index in [0.29, 0.717) is 55.5 Å². The lowest BCUT2D eigenvalue weighted by Gasteiger charge is -2.38. The maximum atomic E-state index is 17.2. The first-order valence-corrected chi connectivity index (χ1v) is 20.8. The number of phenols is 1. The zero-order valence-electron chi connectivity index (χ0n) is 34.4. The summed E-state index contributed by atoms with van der Waals surface area (Å²) < 4.78 is 40.6. The summed E-state index contributed by atoms with van der Waals surface area (Å²) >= 11 is 6.96. The van der Waals surface area contributed by atoms with Crippen LogP contribution in [0.25, 0.3) is 32.8 Å². The molecule has 3 aliphatic rings. The van der Waals surface area contributed by atoms with E-state index in [2.05, 4.69) is 4.90 Å². The van der Waals surface area contributed by atoms with Crippen molar-refractivity contribution < 1.29 is 38.0 Å². The molecule has 12 nitrogen and oxygen atoms in total. The van der Waals surface area contributed by atoms with Crippen LogP contribution in [-0.2, 0) is 19.0 Å². The number of benzene rings is 3. The number of hydrogen-bond acceptors (Lipinski definition) is 11. The van der Waals surface area contributed by atoms with Gasteiger partial charge in [0.2, 0.25) is 0 Å². The highest BCUT2D eigenvalue weighted by atomic mass is 35.5. The number of likely N-dealkylation sites (tertiary alicyclic amines) is 1. The van der Waals surface area contributed by atoms with Gasteiger partial charge >= 0.3 is 18.1 Å². The maximum absolute atomic E-state index is 17.2. The minimum Gasteiger partial charge on any atom is -0.508 e. The van der Waals surface area contributed by atoms with Crippen molar-refractivity contribution in [3.8, 4) is 22.9 Å². The van der Waals surface area contributed by atoms with Crippen LogP contribution in [0.2, 0.25) is 5.02 Å². The number of rotatable bonds is 9. The summed E-state index contributed by atoms with van der Waals surface area (Å²) in [5, 5.41) is 12.7. The Labute approximate surface area is 344 Å². The highest BCUT2D eigenvalue weighted by molar-refractivity contribution is 6.35. The van der Waals surface area contributed by atoms with Crippen LogP contribution in [0.3, 0.4) is 0 Å². The van der Waals surface area contributed by atoms with Crippen LogP contribution in [0.4, 0.5) is 15.0 Å². The number of fused-ring (bicyclic) bond motifs is 2. The van der Waals surface area contributed by atoms with Crippen molar-refractivity contribution in [2.75, 3.05) is 57.4 Å². The number of esters is 1. The van der Waals surface area contributed by atoms with Crippen molar-refractivity contribution in [2.45, 2.75) is 97.0 Å². The Morgan fingerprint density at radius 2 is 1.59 bits per heavy atom. The summed E-state index contributed by atoms with van der Waals surface area (Å²) in [6, 6.07) is 12.5. The van der Waals surface area contributed by atoms with Gasteiger partial charge < -0.3 is 33.9 Å². The van der Waals surface area contributed by atoms with E-state index in [4.69, 9.17) is 40.5 Å². The summed E-state index contributed by atoms with van der Waals surface area (Å²) in [6.45, 7) is 14.8. The quantitative estimate of drug-likeness (QED) is 0.164. The average molecular weight is 820 g/mol. The van der Waals surface area contributed by atoms with Gasteiger partial charge in [0.05, 0.1) is 11.6 Å². The molecule has 0 bridgehead atoms. The number of piperidine rings is 1. The van der Waals surface area contributed by atoms with E-state index in [1.165, 1.54) is 6.07 Å². The lowest BCUT2D eigenvalue weighted by atomic mass is 9.96. The van der Waals surface area contributed by atoms with Crippen LogP contribution in [0.5, 0.6) is 11.8 Å². The second-order valence-electron chi connectivity index (χ2n) is 17.7. The van der Waals surface area contributed by atoms with E-state index in [-0.39, 0.29) is 58.7 Å². The number of ether oxygens (including phenoxy) is 4. The van der Waals surface area contributed by atoms with Crippen molar-refractivity contribution in [3.63, 3.8) is 0 Å². The van der Waals surface area contributed by atoms with E-state index in [1.54, 1.807) is 17.0 Å². The minimum atomic E-state index is -0.641. The van der Waals surface area contributed by atoms with Crippen molar-refractivity contribution >= 4 is 51.2 Å². The molecule has 14 heteroatoms. The Bertz CT molecular complexity index is 2140. The van der Waals surface area contributed by atoms with Gasteiger partial charge in [0, 0.05) is 43.2 Å². The molecule has 3 fully saturated rings. The molecule has 1 amide bonds. The smallest absolute Gasteiger partial charge is 0.410 e. The van der Waals surface area contributed by atoms with Crippen molar-refractivity contribution in [2.24, 2.45) is 5.92 Å². The third-order valence-corrected chi connectivity index (χ3v) is 11.3. The minimum absolute atomic E-state index is 0.0100. The summed E-state index contributed by atoms with van der Waals surface area (Å²) in [5.74, 6) is -0.194. The second kappa shape index (κ2) is 17.0. The first-order chi connectivity index (χ1) is 27.5. The third-order valence-electron chi connectivity index (χ3n) is 11.0. The van der Waals surface area contributed by atoms with Crippen molar-refractivity contribution in [1.82, 2.24) is 19.8 Å². The maximum Gasteiger partial charge on any atom is 0.410 e. The van der Waals surface area contributed by atoms with Gasteiger partial charge in [-0.05, 0) is 127 Å². The molecule has 1 N–H and O–H groups in total. The zero-order chi connectivity index (χ0) is 41.4. The van der Waals surface area contributed by atoms with Crippen LogP contribution in [-0.4, -0.2) is 113 Å². The predicted molar refractivity (Wildman–Crippen MR) is 222 cm³/mol. The molecule has 0 spiro atoms. The monoisotopic (exact) mass is 819 g/mol. The molecule has 1 aliphatic carbocycles. The standard InChI is InChI=1S/C44H55ClFN5O7/c1-43(2,3)57-36(53)26-55-25-27-14-16-49(17-15-27)34-12-9-13-35(34)56-41-47-39-32(40(48-41)50-18-20-51(21-19-50)42(54)58-44(4,5)6)24-33(45)37(38(39)46)31-23-29(52)22-28-10-7-8-11-30(28)31/h7-8,10-11,22-24,27,34-35,52H,9,12-21,25-26H2,1-6H3/t34-,35-/m1/s1. The topological polar surface area (TPSA) is 127 Å². The molecule has 2 aliphatic heterocycles. The molecular weight excluding hydrogens is 765 g/mol. The molecule has 3 heterocycles. The summed E-state index contributed by atoms with van der Waals surface area (Å²) in [6.07, 6.45) is 4.00. The van der Waals surface area contributed by atoms with Crippen LogP contribution >= 0.6 is 11.6 Å². The fraction of sp³-hybridized carbons (Fsp3) is 0.545. The SMILES string of the molecule is CC(C)(C)OC(=O)COCC1CCN([C@@H]2CCC[C@H]2Oc2nc(N3CCN(C(=O)OC(C)(C)C)CC3)c3cc(Cl)c(-c4cc(O)cc5ccccc45)c(F)c3n2)CC1. The number of aromatic hydroxyl groups is 1. The summed E-state index contributed by atoms with van der Waals surface area (Å²) in [7, 11) is 0. The molecule has 0 unspecified atom stereocenters. The highest BCUT2D eigenvalue weighted by Gasteiger charge is 2.37. The Morgan fingerprint density at radius 1 is 0.879 bits per heavy atom. The Kier molecular flexibility index (Phi) is 12.2. The van der Waals surface area contributed by atoms with Crippen LogP contribution in [0.15, 0.2) is 42.5 Å². The number of carbonyl (C=O) groups excluding carboxylic acids is 2. The Balaban J connectivity index is 1.14. The number of halogens is 2. The largest absolute Gasteiger partial charge is 0.508 e. The summed E-state index contributed by atoms with van der Waals surface area (Å²) in [5.41, 5.74) is -0.534. The van der Waals surface area contributed by atoms with Crippen molar-refractivity contribution in [3.05, 3.63) is 53.3 Å². The van der Waals surface area contributed by atoms with Crippen LogP contribution in [0, 0.1) is 11.7 Å². The Hall–Kier alpha value is -4.46. The number of aromatic nitrogens is 2.